The highest BCUT2D eigenvalue weighted by atomic mass is 35.5. The van der Waals surface area contributed by atoms with Crippen LogP contribution in [0.5, 0.6) is 0 Å². The van der Waals surface area contributed by atoms with Crippen molar-refractivity contribution in [2.45, 2.75) is 39.2 Å². The van der Waals surface area contributed by atoms with E-state index >= 15 is 0 Å². The number of nitrogens with two attached hydrogens (primary N) is 1. The number of halogens is 1. The first-order chi connectivity index (χ1) is 9.65. The lowest BCUT2D eigenvalue weighted by Crippen LogP contribution is -2.33. The fourth-order valence-corrected chi connectivity index (χ4v) is 1.66. The molecule has 1 heterocycles. The maximum absolute atomic E-state index is 12.3. The molecule has 8 heteroatoms. The molecule has 0 fully saturated rings. The molecule has 0 aliphatic rings. The van der Waals surface area contributed by atoms with E-state index in [1.165, 1.54) is 6.20 Å². The molecule has 2 N–H and O–H groups in total. The molecule has 0 bridgehead atoms. The Bertz CT molecular complexity index is 543. The molecule has 0 amide bonds. The summed E-state index contributed by atoms with van der Waals surface area (Å²) in [6, 6.07) is 0. The Morgan fingerprint density at radius 1 is 1.38 bits per heavy atom. The van der Waals surface area contributed by atoms with E-state index in [1.807, 2.05) is 0 Å². The van der Waals surface area contributed by atoms with Gasteiger partial charge in [0.25, 0.3) is 0 Å². The van der Waals surface area contributed by atoms with Crippen molar-refractivity contribution in [2.24, 2.45) is 0 Å². The van der Waals surface area contributed by atoms with E-state index < -0.39 is 23.5 Å². The fraction of sp³-hybridized carbons (Fsp3) is 0.538. The van der Waals surface area contributed by atoms with E-state index in [2.05, 4.69) is 9.97 Å². The second-order valence-corrected chi connectivity index (χ2v) is 5.54. The van der Waals surface area contributed by atoms with Gasteiger partial charge in [-0.2, -0.15) is 0 Å². The van der Waals surface area contributed by atoms with Gasteiger partial charge >= 0.3 is 11.9 Å². The predicted molar refractivity (Wildman–Crippen MR) is 76.7 cm³/mol. The van der Waals surface area contributed by atoms with Crippen LogP contribution < -0.4 is 5.73 Å². The van der Waals surface area contributed by atoms with Gasteiger partial charge in [-0.1, -0.05) is 0 Å². The lowest BCUT2D eigenvalue weighted by molar-refractivity contribution is -0.164. The Hall–Kier alpha value is -1.89. The first-order valence-corrected chi connectivity index (χ1v) is 6.71. The number of nitrogens with zero attached hydrogens (tertiary/aromatic N) is 2. The molecular formula is C13H18ClN3O4. The van der Waals surface area contributed by atoms with Crippen LogP contribution in [0.15, 0.2) is 6.20 Å². The van der Waals surface area contributed by atoms with Crippen molar-refractivity contribution in [1.82, 2.24) is 9.97 Å². The molecule has 0 saturated heterocycles. The molecular weight excluding hydrogens is 298 g/mol. The topological polar surface area (TPSA) is 104 Å². The molecule has 0 aliphatic carbocycles. The summed E-state index contributed by atoms with van der Waals surface area (Å²) < 4.78 is 10.1. The summed E-state index contributed by atoms with van der Waals surface area (Å²) in [7, 11) is 0. The molecule has 0 spiro atoms. The summed E-state index contributed by atoms with van der Waals surface area (Å²) in [6.45, 7) is 6.79. The highest BCUT2D eigenvalue weighted by Gasteiger charge is 2.37. The van der Waals surface area contributed by atoms with E-state index in [0.29, 0.717) is 0 Å². The van der Waals surface area contributed by atoms with Crippen molar-refractivity contribution < 1.29 is 19.1 Å². The highest BCUT2D eigenvalue weighted by Crippen LogP contribution is 2.25. The van der Waals surface area contributed by atoms with E-state index in [-0.39, 0.29) is 23.3 Å². The number of hydrogen-bond donors (Lipinski definition) is 1. The molecule has 0 aliphatic heterocycles. The number of ether oxygens (including phenoxy) is 2. The van der Waals surface area contributed by atoms with Gasteiger partial charge < -0.3 is 15.2 Å². The smallest absolute Gasteiger partial charge is 0.327 e. The summed E-state index contributed by atoms with van der Waals surface area (Å²) >= 11 is 5.70. The monoisotopic (exact) mass is 315 g/mol. The normalized spacial score (nSPS) is 12.6. The van der Waals surface area contributed by atoms with E-state index in [9.17, 15) is 9.59 Å². The van der Waals surface area contributed by atoms with Gasteiger partial charge in [0.1, 0.15) is 5.60 Å². The third kappa shape index (κ3) is 4.86. The van der Waals surface area contributed by atoms with Crippen LogP contribution >= 0.6 is 11.6 Å². The third-order valence-electron chi connectivity index (χ3n) is 2.26. The Balaban J connectivity index is 3.22. The largest absolute Gasteiger partial charge is 0.465 e. The minimum Gasteiger partial charge on any atom is -0.465 e. The lowest BCUT2D eigenvalue weighted by Gasteiger charge is -2.23. The Labute approximate surface area is 127 Å². The molecule has 1 aromatic heterocycles. The summed E-state index contributed by atoms with van der Waals surface area (Å²) in [6.07, 6.45) is 1.22. The average molecular weight is 316 g/mol. The van der Waals surface area contributed by atoms with Gasteiger partial charge in [-0.15, -0.1) is 0 Å². The maximum Gasteiger partial charge on any atom is 0.327 e. The van der Waals surface area contributed by atoms with Gasteiger partial charge in [0.05, 0.1) is 24.2 Å². The van der Waals surface area contributed by atoms with Crippen molar-refractivity contribution >= 4 is 29.2 Å². The number of carbonyl (C=O) groups excluding carboxylic acids is 2. The van der Waals surface area contributed by atoms with Crippen LogP contribution in [-0.2, 0) is 19.1 Å². The molecule has 1 rings (SSSR count). The van der Waals surface area contributed by atoms with Crippen LogP contribution in [0.3, 0.4) is 0 Å². The zero-order chi connectivity index (χ0) is 16.2. The van der Waals surface area contributed by atoms with E-state index in [1.54, 1.807) is 27.7 Å². The summed E-state index contributed by atoms with van der Waals surface area (Å²) in [5.41, 5.74) is 4.99. The van der Waals surface area contributed by atoms with Crippen LogP contribution in [0.1, 0.15) is 39.3 Å². The number of nitrogen functional groups attached to an aromatic ring is 1. The van der Waals surface area contributed by atoms with E-state index in [4.69, 9.17) is 26.8 Å². The average Bonchev–Trinajstić information content (AvgIpc) is 2.32. The van der Waals surface area contributed by atoms with Crippen molar-refractivity contribution in [2.75, 3.05) is 12.3 Å². The van der Waals surface area contributed by atoms with Crippen molar-refractivity contribution in [1.29, 1.82) is 0 Å². The van der Waals surface area contributed by atoms with Crippen LogP contribution in [-0.4, -0.2) is 34.1 Å². The fourth-order valence-electron chi connectivity index (χ4n) is 1.52. The highest BCUT2D eigenvalue weighted by molar-refractivity contribution is 6.28. The summed E-state index contributed by atoms with van der Waals surface area (Å²) in [5, 5.41) is -0.128. The van der Waals surface area contributed by atoms with Crippen LogP contribution in [0.2, 0.25) is 5.28 Å². The SMILES string of the molecule is CCOC(=O)C(C(=O)OC(C)(C)C)c1nc(Cl)ncc1N. The zero-order valence-electron chi connectivity index (χ0n) is 12.3. The van der Waals surface area contributed by atoms with Gasteiger partial charge in [-0.05, 0) is 39.3 Å². The Morgan fingerprint density at radius 3 is 2.52 bits per heavy atom. The van der Waals surface area contributed by atoms with Crippen LogP contribution in [0.4, 0.5) is 5.69 Å². The van der Waals surface area contributed by atoms with Gasteiger partial charge in [0.2, 0.25) is 5.28 Å². The second kappa shape index (κ2) is 6.71. The second-order valence-electron chi connectivity index (χ2n) is 5.20. The number of carbonyl (C=O) groups is 2. The van der Waals surface area contributed by atoms with Crippen molar-refractivity contribution in [3.05, 3.63) is 17.2 Å². The zero-order valence-corrected chi connectivity index (χ0v) is 13.1. The Kier molecular flexibility index (Phi) is 5.48. The molecule has 1 unspecified atom stereocenters. The molecule has 7 nitrogen and oxygen atoms in total. The van der Waals surface area contributed by atoms with Crippen LogP contribution in [0.25, 0.3) is 0 Å². The number of rotatable bonds is 4. The molecule has 1 aromatic rings. The summed E-state index contributed by atoms with van der Waals surface area (Å²) in [5.74, 6) is -3.00. The summed E-state index contributed by atoms with van der Waals surface area (Å²) in [4.78, 5) is 31.9. The molecule has 0 aromatic carbocycles. The molecule has 21 heavy (non-hydrogen) atoms. The van der Waals surface area contributed by atoms with Gasteiger partial charge in [0.15, 0.2) is 5.92 Å². The van der Waals surface area contributed by atoms with E-state index in [0.717, 1.165) is 0 Å². The molecule has 116 valence electrons. The van der Waals surface area contributed by atoms with Crippen molar-refractivity contribution in [3.8, 4) is 0 Å². The standard InChI is InChI=1S/C13H18ClN3O4/c1-5-20-10(18)8(11(19)21-13(2,3)4)9-7(15)6-16-12(14)17-9/h6,8H,5,15H2,1-4H3. The minimum absolute atomic E-state index is 0.0253. The third-order valence-corrected chi connectivity index (χ3v) is 2.44. The predicted octanol–water partition coefficient (Wildman–Crippen LogP) is 1.70. The van der Waals surface area contributed by atoms with Crippen LogP contribution in [0, 0.1) is 0 Å². The minimum atomic E-state index is -1.40. The molecule has 1 atom stereocenters. The first-order valence-electron chi connectivity index (χ1n) is 6.33. The van der Waals surface area contributed by atoms with Gasteiger partial charge in [-0.25, -0.2) is 9.97 Å². The number of hydrogen-bond acceptors (Lipinski definition) is 7. The lowest BCUT2D eigenvalue weighted by atomic mass is 10.0. The van der Waals surface area contributed by atoms with Crippen molar-refractivity contribution in [3.63, 3.8) is 0 Å². The maximum atomic E-state index is 12.3. The quantitative estimate of drug-likeness (QED) is 0.512. The number of esters is 2. The molecule has 0 radical (unpaired) electrons. The van der Waals surface area contributed by atoms with Gasteiger partial charge in [0, 0.05) is 0 Å². The number of aromatic nitrogens is 2. The van der Waals surface area contributed by atoms with Gasteiger partial charge in [-0.3, -0.25) is 9.59 Å². The first kappa shape index (κ1) is 17.2. The number of anilines is 1. The Morgan fingerprint density at radius 2 is 2.00 bits per heavy atom. The molecule has 0 saturated carbocycles.